The van der Waals surface area contributed by atoms with E-state index in [2.05, 4.69) is 16.0 Å². The number of fused-ring (bicyclic) bond motifs is 1. The van der Waals surface area contributed by atoms with Gasteiger partial charge in [-0.15, -0.1) is 0 Å². The zero-order valence-corrected chi connectivity index (χ0v) is 12.4. The minimum atomic E-state index is -1.07. The summed E-state index contributed by atoms with van der Waals surface area (Å²) in [5.41, 5.74) is -0.355. The molecule has 1 heterocycles. The summed E-state index contributed by atoms with van der Waals surface area (Å²) in [6, 6.07) is 0.889. The topological polar surface area (TPSA) is 79.5 Å². The van der Waals surface area contributed by atoms with Gasteiger partial charge in [-0.05, 0) is 20.8 Å². The van der Waals surface area contributed by atoms with Gasteiger partial charge in [0, 0.05) is 18.7 Å². The Labute approximate surface area is 126 Å². The standard InChI is InChI=1S/C14H17F2N3O3/c1-14(2,3)22-13(21)19-11-6-17-9-4-7(15)8(16)5-10(9)18-12(11)20/h4-5,11,17H,6H2,1-3H3,(H,18,20)(H,19,21). The summed E-state index contributed by atoms with van der Waals surface area (Å²) in [5.74, 6) is -2.65. The number of nitrogens with one attached hydrogen (secondary N) is 3. The summed E-state index contributed by atoms with van der Waals surface area (Å²) < 4.78 is 31.5. The third-order valence-corrected chi connectivity index (χ3v) is 2.82. The van der Waals surface area contributed by atoms with Gasteiger partial charge in [-0.1, -0.05) is 0 Å². The van der Waals surface area contributed by atoms with Crippen molar-refractivity contribution >= 4 is 23.4 Å². The molecule has 1 aliphatic heterocycles. The van der Waals surface area contributed by atoms with Gasteiger partial charge in [0.2, 0.25) is 5.91 Å². The summed E-state index contributed by atoms with van der Waals surface area (Å²) in [6.45, 7) is 5.10. The van der Waals surface area contributed by atoms with Gasteiger partial charge < -0.3 is 20.7 Å². The smallest absolute Gasteiger partial charge is 0.408 e. The molecule has 6 nitrogen and oxygen atoms in total. The van der Waals surface area contributed by atoms with Crippen LogP contribution in [0.1, 0.15) is 20.8 Å². The van der Waals surface area contributed by atoms with E-state index in [1.54, 1.807) is 20.8 Å². The summed E-state index contributed by atoms with van der Waals surface area (Å²) in [5, 5.41) is 7.62. The molecule has 22 heavy (non-hydrogen) atoms. The predicted molar refractivity (Wildman–Crippen MR) is 76.6 cm³/mol. The Bertz CT molecular complexity index is 614. The maximum atomic E-state index is 13.2. The first kappa shape index (κ1) is 16.0. The van der Waals surface area contributed by atoms with Crippen molar-refractivity contribution in [3.63, 3.8) is 0 Å². The van der Waals surface area contributed by atoms with Crippen LogP contribution in [0, 0.1) is 11.6 Å². The van der Waals surface area contributed by atoms with Gasteiger partial charge in [-0.25, -0.2) is 13.6 Å². The molecule has 1 atom stereocenters. The van der Waals surface area contributed by atoms with Crippen LogP contribution >= 0.6 is 0 Å². The molecule has 0 saturated carbocycles. The van der Waals surface area contributed by atoms with Crippen LogP contribution in [0.15, 0.2) is 12.1 Å². The zero-order valence-electron chi connectivity index (χ0n) is 12.4. The van der Waals surface area contributed by atoms with E-state index in [1.165, 1.54) is 0 Å². The van der Waals surface area contributed by atoms with E-state index in [0.29, 0.717) is 0 Å². The summed E-state index contributed by atoms with van der Waals surface area (Å²) >= 11 is 0. The van der Waals surface area contributed by atoms with Gasteiger partial charge >= 0.3 is 6.09 Å². The molecular formula is C14H17F2N3O3. The molecule has 0 spiro atoms. The Kier molecular flexibility index (Phi) is 4.20. The van der Waals surface area contributed by atoms with E-state index in [4.69, 9.17) is 4.74 Å². The van der Waals surface area contributed by atoms with Crippen LogP contribution in [-0.2, 0) is 9.53 Å². The van der Waals surface area contributed by atoms with Crippen LogP contribution < -0.4 is 16.0 Å². The van der Waals surface area contributed by atoms with E-state index in [9.17, 15) is 18.4 Å². The Balaban J connectivity index is 2.10. The SMILES string of the molecule is CC(C)(C)OC(=O)NC1CNc2cc(F)c(F)cc2NC1=O. The lowest BCUT2D eigenvalue weighted by atomic mass is 10.2. The molecule has 2 rings (SSSR count). The number of carbonyl (C=O) groups is 2. The lowest BCUT2D eigenvalue weighted by molar-refractivity contribution is -0.117. The molecule has 0 radical (unpaired) electrons. The van der Waals surface area contributed by atoms with Crippen LogP contribution in [0.25, 0.3) is 0 Å². The number of halogens is 2. The maximum Gasteiger partial charge on any atom is 0.408 e. The average Bonchev–Trinajstić information content (AvgIpc) is 2.49. The highest BCUT2D eigenvalue weighted by Gasteiger charge is 2.27. The quantitative estimate of drug-likeness (QED) is 0.743. The molecule has 0 aliphatic carbocycles. The Morgan fingerprint density at radius 2 is 1.86 bits per heavy atom. The molecule has 0 aromatic heterocycles. The molecule has 2 amide bonds. The van der Waals surface area contributed by atoms with Crippen molar-refractivity contribution in [2.45, 2.75) is 32.4 Å². The van der Waals surface area contributed by atoms with E-state index in [1.807, 2.05) is 0 Å². The predicted octanol–water partition coefficient (Wildman–Crippen LogP) is 2.22. The maximum absolute atomic E-state index is 13.2. The second kappa shape index (κ2) is 5.78. The van der Waals surface area contributed by atoms with Crippen LogP contribution in [0.5, 0.6) is 0 Å². The molecule has 120 valence electrons. The molecule has 0 bridgehead atoms. The third kappa shape index (κ3) is 3.84. The molecule has 1 unspecified atom stereocenters. The molecular weight excluding hydrogens is 296 g/mol. The number of alkyl carbamates (subject to hydrolysis) is 1. The molecule has 1 aromatic carbocycles. The van der Waals surface area contributed by atoms with Gasteiger partial charge in [0.25, 0.3) is 0 Å². The van der Waals surface area contributed by atoms with Crippen molar-refractivity contribution in [3.05, 3.63) is 23.8 Å². The fourth-order valence-corrected chi connectivity index (χ4v) is 1.89. The van der Waals surface area contributed by atoms with Crippen molar-refractivity contribution in [1.29, 1.82) is 0 Å². The van der Waals surface area contributed by atoms with Gasteiger partial charge in [-0.3, -0.25) is 4.79 Å². The number of rotatable bonds is 1. The summed E-state index contributed by atoms with van der Waals surface area (Å²) in [7, 11) is 0. The molecule has 0 fully saturated rings. The minimum absolute atomic E-state index is 0.0170. The van der Waals surface area contributed by atoms with Crippen LogP contribution in [0.4, 0.5) is 25.0 Å². The van der Waals surface area contributed by atoms with Gasteiger partial charge in [-0.2, -0.15) is 0 Å². The monoisotopic (exact) mass is 313 g/mol. The Morgan fingerprint density at radius 3 is 2.45 bits per heavy atom. The molecule has 1 aliphatic rings. The fraction of sp³-hybridized carbons (Fsp3) is 0.429. The first-order valence-electron chi connectivity index (χ1n) is 6.69. The van der Waals surface area contributed by atoms with Crippen molar-refractivity contribution in [1.82, 2.24) is 5.32 Å². The second-order valence-corrected chi connectivity index (χ2v) is 5.88. The van der Waals surface area contributed by atoms with E-state index >= 15 is 0 Å². The summed E-state index contributed by atoms with van der Waals surface area (Å²) in [6.07, 6.45) is -0.752. The molecule has 3 N–H and O–H groups in total. The van der Waals surface area contributed by atoms with E-state index in [0.717, 1.165) is 12.1 Å². The highest BCUT2D eigenvalue weighted by molar-refractivity contribution is 6.00. The number of anilines is 2. The first-order chi connectivity index (χ1) is 10.2. The average molecular weight is 313 g/mol. The first-order valence-corrected chi connectivity index (χ1v) is 6.69. The molecule has 0 saturated heterocycles. The molecule has 8 heteroatoms. The lowest BCUT2D eigenvalue weighted by Gasteiger charge is -2.22. The second-order valence-electron chi connectivity index (χ2n) is 5.88. The normalized spacial score (nSPS) is 17.7. The largest absolute Gasteiger partial charge is 0.444 e. The number of hydrogen-bond acceptors (Lipinski definition) is 4. The van der Waals surface area contributed by atoms with Crippen molar-refractivity contribution in [2.24, 2.45) is 0 Å². The number of hydrogen-bond donors (Lipinski definition) is 3. The van der Waals surface area contributed by atoms with Gasteiger partial charge in [0.05, 0.1) is 11.4 Å². The van der Waals surface area contributed by atoms with Crippen molar-refractivity contribution < 1.29 is 23.1 Å². The van der Waals surface area contributed by atoms with Crippen LogP contribution in [-0.4, -0.2) is 30.2 Å². The third-order valence-electron chi connectivity index (χ3n) is 2.82. The number of carbonyl (C=O) groups excluding carboxylic acids is 2. The lowest BCUT2D eigenvalue weighted by Crippen LogP contribution is -2.48. The van der Waals surface area contributed by atoms with Gasteiger partial charge in [0.15, 0.2) is 11.6 Å². The zero-order chi connectivity index (χ0) is 16.5. The van der Waals surface area contributed by atoms with E-state index < -0.39 is 35.3 Å². The fourth-order valence-electron chi connectivity index (χ4n) is 1.89. The van der Waals surface area contributed by atoms with Crippen LogP contribution in [0.2, 0.25) is 0 Å². The van der Waals surface area contributed by atoms with Crippen LogP contribution in [0.3, 0.4) is 0 Å². The number of amides is 2. The Morgan fingerprint density at radius 1 is 1.27 bits per heavy atom. The highest BCUT2D eigenvalue weighted by Crippen LogP contribution is 2.27. The summed E-state index contributed by atoms with van der Waals surface area (Å²) in [4.78, 5) is 23.7. The van der Waals surface area contributed by atoms with Crippen molar-refractivity contribution in [2.75, 3.05) is 17.2 Å². The van der Waals surface area contributed by atoms with Crippen molar-refractivity contribution in [3.8, 4) is 0 Å². The molecule has 1 aromatic rings. The number of ether oxygens (including phenoxy) is 1. The van der Waals surface area contributed by atoms with E-state index in [-0.39, 0.29) is 17.9 Å². The highest BCUT2D eigenvalue weighted by atomic mass is 19.2. The van der Waals surface area contributed by atoms with Gasteiger partial charge in [0.1, 0.15) is 11.6 Å². The Hall–Kier alpha value is -2.38. The number of benzene rings is 1. The minimum Gasteiger partial charge on any atom is -0.444 e.